The molecule has 0 aliphatic heterocycles. The molecule has 2 heterocycles. The number of aromatic nitrogens is 2. The van der Waals surface area contributed by atoms with Gasteiger partial charge in [0.15, 0.2) is 11.0 Å². The Hall–Kier alpha value is -1.87. The van der Waals surface area contributed by atoms with Crippen molar-refractivity contribution >= 4 is 46.3 Å². The molecule has 0 unspecified atom stereocenters. The third kappa shape index (κ3) is 3.42. The van der Waals surface area contributed by atoms with E-state index >= 15 is 0 Å². The van der Waals surface area contributed by atoms with Crippen molar-refractivity contribution in [2.24, 2.45) is 5.10 Å². The van der Waals surface area contributed by atoms with Crippen LogP contribution in [0.2, 0.25) is 15.2 Å². The molecule has 21 heavy (non-hydrogen) atoms. The fraction of sp³-hybridized carbons (Fsp3) is 0.0769. The molecule has 0 spiro atoms. The molecule has 2 aromatic heterocycles. The standard InChI is InChI=1S/C13H8Cl3N5/c1-7(9-4-2-3-5-18-9)20-21-13-11(15)10(14)8(6-17)12(16)19-13/h2-5H,1H3,(H,19,21). The summed E-state index contributed by atoms with van der Waals surface area (Å²) in [7, 11) is 0. The average Bonchev–Trinajstić information content (AvgIpc) is 2.50. The van der Waals surface area contributed by atoms with E-state index in [4.69, 9.17) is 40.1 Å². The minimum absolute atomic E-state index is 0.0271. The molecule has 8 heteroatoms. The quantitative estimate of drug-likeness (QED) is 0.517. The number of nitriles is 1. The third-order valence-electron chi connectivity index (χ3n) is 2.51. The number of halogens is 3. The van der Waals surface area contributed by atoms with Gasteiger partial charge in [0, 0.05) is 6.20 Å². The van der Waals surface area contributed by atoms with Gasteiger partial charge in [0.2, 0.25) is 0 Å². The van der Waals surface area contributed by atoms with Crippen LogP contribution < -0.4 is 5.43 Å². The number of nitrogens with one attached hydrogen (secondary N) is 1. The number of hydrazone groups is 1. The lowest BCUT2D eigenvalue weighted by atomic mass is 10.3. The Morgan fingerprint density at radius 3 is 2.67 bits per heavy atom. The van der Waals surface area contributed by atoms with Crippen LogP contribution in [-0.2, 0) is 0 Å². The smallest absolute Gasteiger partial charge is 0.168 e. The molecule has 0 saturated heterocycles. The minimum atomic E-state index is -0.0416. The molecule has 2 rings (SSSR count). The first-order valence-corrected chi connectivity index (χ1v) is 6.84. The van der Waals surface area contributed by atoms with Crippen LogP contribution in [0.4, 0.5) is 5.82 Å². The van der Waals surface area contributed by atoms with Crippen molar-refractivity contribution in [3.05, 3.63) is 50.9 Å². The highest BCUT2D eigenvalue weighted by atomic mass is 35.5. The van der Waals surface area contributed by atoms with Crippen LogP contribution in [0.5, 0.6) is 0 Å². The van der Waals surface area contributed by atoms with Crippen molar-refractivity contribution < 1.29 is 0 Å². The number of hydrogen-bond acceptors (Lipinski definition) is 5. The van der Waals surface area contributed by atoms with Crippen LogP contribution in [0.3, 0.4) is 0 Å². The predicted molar refractivity (Wildman–Crippen MR) is 84.1 cm³/mol. The van der Waals surface area contributed by atoms with Gasteiger partial charge in [-0.1, -0.05) is 40.9 Å². The SMILES string of the molecule is CC(=NNc1nc(Cl)c(C#N)c(Cl)c1Cl)c1ccccn1. The minimum Gasteiger partial charge on any atom is -0.260 e. The lowest BCUT2D eigenvalue weighted by Gasteiger charge is -2.07. The zero-order valence-corrected chi connectivity index (χ0v) is 13.0. The molecule has 0 saturated carbocycles. The first-order valence-electron chi connectivity index (χ1n) is 5.71. The van der Waals surface area contributed by atoms with Crippen LogP contribution in [-0.4, -0.2) is 15.7 Å². The predicted octanol–water partition coefficient (Wildman–Crippen LogP) is 4.14. The van der Waals surface area contributed by atoms with Crippen LogP contribution in [0.15, 0.2) is 29.5 Å². The molecule has 106 valence electrons. The molecular weight excluding hydrogens is 333 g/mol. The Labute approximate surface area is 136 Å². The van der Waals surface area contributed by atoms with Gasteiger partial charge in [-0.05, 0) is 19.1 Å². The van der Waals surface area contributed by atoms with E-state index in [1.807, 2.05) is 24.3 Å². The lowest BCUT2D eigenvalue weighted by molar-refractivity contribution is 1.20. The zero-order valence-electron chi connectivity index (χ0n) is 10.7. The maximum atomic E-state index is 8.91. The molecule has 0 aliphatic carbocycles. The molecule has 0 radical (unpaired) electrons. The van der Waals surface area contributed by atoms with E-state index in [1.165, 1.54) is 0 Å². The fourth-order valence-electron chi connectivity index (χ4n) is 1.45. The summed E-state index contributed by atoms with van der Waals surface area (Å²) in [5.41, 5.74) is 4.03. The zero-order chi connectivity index (χ0) is 15.4. The lowest BCUT2D eigenvalue weighted by Crippen LogP contribution is -2.03. The third-order valence-corrected chi connectivity index (χ3v) is 3.63. The molecule has 2 aromatic rings. The van der Waals surface area contributed by atoms with Crippen LogP contribution in [0, 0.1) is 11.3 Å². The van der Waals surface area contributed by atoms with Crippen LogP contribution >= 0.6 is 34.8 Å². The highest BCUT2D eigenvalue weighted by Crippen LogP contribution is 2.34. The van der Waals surface area contributed by atoms with Crippen LogP contribution in [0.1, 0.15) is 18.2 Å². The van der Waals surface area contributed by atoms with Gasteiger partial charge < -0.3 is 0 Å². The summed E-state index contributed by atoms with van der Waals surface area (Å²) in [4.78, 5) is 8.11. The van der Waals surface area contributed by atoms with Crippen molar-refractivity contribution in [3.63, 3.8) is 0 Å². The summed E-state index contributed by atoms with van der Waals surface area (Å²) >= 11 is 17.8. The second-order valence-electron chi connectivity index (χ2n) is 3.89. The summed E-state index contributed by atoms with van der Waals surface area (Å²) in [6, 6.07) is 7.31. The molecule has 0 fully saturated rings. The summed E-state index contributed by atoms with van der Waals surface area (Å²) in [5, 5.41) is 13.1. The molecular formula is C13H8Cl3N5. The summed E-state index contributed by atoms with van der Waals surface area (Å²) in [6.07, 6.45) is 1.66. The van der Waals surface area contributed by atoms with Crippen molar-refractivity contribution in [1.29, 1.82) is 5.26 Å². The Bertz CT molecular complexity index is 738. The normalized spacial score (nSPS) is 11.1. The highest BCUT2D eigenvalue weighted by molar-refractivity contribution is 6.45. The average molecular weight is 341 g/mol. The second-order valence-corrected chi connectivity index (χ2v) is 5.00. The fourth-order valence-corrected chi connectivity index (χ4v) is 2.12. The Kier molecular flexibility index (Phi) is 4.97. The largest absolute Gasteiger partial charge is 0.260 e. The van der Waals surface area contributed by atoms with Gasteiger partial charge in [0.05, 0.1) is 16.4 Å². The molecule has 0 aromatic carbocycles. The van der Waals surface area contributed by atoms with Gasteiger partial charge in [0.1, 0.15) is 16.7 Å². The van der Waals surface area contributed by atoms with Crippen molar-refractivity contribution in [3.8, 4) is 6.07 Å². The van der Waals surface area contributed by atoms with Gasteiger partial charge in [-0.2, -0.15) is 10.4 Å². The Morgan fingerprint density at radius 1 is 1.29 bits per heavy atom. The first-order chi connectivity index (χ1) is 10.0. The number of pyridine rings is 2. The van der Waals surface area contributed by atoms with Gasteiger partial charge in [-0.25, -0.2) is 4.98 Å². The summed E-state index contributed by atoms with van der Waals surface area (Å²) in [6.45, 7) is 1.77. The van der Waals surface area contributed by atoms with E-state index in [-0.39, 0.29) is 26.6 Å². The molecule has 1 N–H and O–H groups in total. The molecule has 0 aliphatic rings. The molecule has 0 amide bonds. The van der Waals surface area contributed by atoms with Crippen molar-refractivity contribution in [1.82, 2.24) is 9.97 Å². The van der Waals surface area contributed by atoms with Crippen molar-refractivity contribution in [2.75, 3.05) is 5.43 Å². The number of rotatable bonds is 3. The molecule has 0 atom stereocenters. The van der Waals surface area contributed by atoms with E-state index in [0.29, 0.717) is 11.4 Å². The number of anilines is 1. The van der Waals surface area contributed by atoms with Gasteiger partial charge in [-0.3, -0.25) is 10.4 Å². The Morgan fingerprint density at radius 2 is 2.05 bits per heavy atom. The molecule has 0 bridgehead atoms. The van der Waals surface area contributed by atoms with E-state index in [0.717, 1.165) is 0 Å². The Balaban J connectivity index is 2.31. The van der Waals surface area contributed by atoms with Crippen molar-refractivity contribution in [2.45, 2.75) is 6.92 Å². The van der Waals surface area contributed by atoms with E-state index in [1.54, 1.807) is 13.1 Å². The summed E-state index contributed by atoms with van der Waals surface area (Å²) < 4.78 is 0. The van der Waals surface area contributed by atoms with Crippen LogP contribution in [0.25, 0.3) is 0 Å². The maximum Gasteiger partial charge on any atom is 0.168 e. The van der Waals surface area contributed by atoms with Gasteiger partial charge >= 0.3 is 0 Å². The highest BCUT2D eigenvalue weighted by Gasteiger charge is 2.16. The topological polar surface area (TPSA) is 74.0 Å². The number of hydrogen-bond donors (Lipinski definition) is 1. The first kappa shape index (κ1) is 15.5. The van der Waals surface area contributed by atoms with E-state index in [2.05, 4.69) is 20.5 Å². The van der Waals surface area contributed by atoms with E-state index in [9.17, 15) is 0 Å². The summed E-state index contributed by atoms with van der Waals surface area (Å²) in [5.74, 6) is 0.168. The number of nitrogens with zero attached hydrogens (tertiary/aromatic N) is 4. The van der Waals surface area contributed by atoms with Gasteiger partial charge in [-0.15, -0.1) is 0 Å². The monoisotopic (exact) mass is 339 g/mol. The maximum absolute atomic E-state index is 8.91. The molecule has 5 nitrogen and oxygen atoms in total. The van der Waals surface area contributed by atoms with Gasteiger partial charge in [0.25, 0.3) is 0 Å². The second kappa shape index (κ2) is 6.72. The van der Waals surface area contributed by atoms with E-state index < -0.39 is 0 Å².